The van der Waals surface area contributed by atoms with Gasteiger partial charge in [0.15, 0.2) is 5.96 Å². The molecule has 0 bridgehead atoms. The van der Waals surface area contributed by atoms with Crippen molar-refractivity contribution in [2.24, 2.45) is 4.99 Å². The Morgan fingerprint density at radius 2 is 2.00 bits per heavy atom. The van der Waals surface area contributed by atoms with E-state index in [2.05, 4.69) is 25.8 Å². The smallest absolute Gasteiger partial charge is 0.216 e. The maximum atomic E-state index is 10.9. The molecule has 8 heteroatoms. The molecule has 1 aromatic heterocycles. The van der Waals surface area contributed by atoms with Crippen molar-refractivity contribution in [3.8, 4) is 0 Å². The van der Waals surface area contributed by atoms with Gasteiger partial charge in [0.25, 0.3) is 0 Å². The molecule has 1 fully saturated rings. The predicted octanol–water partition coefficient (Wildman–Crippen LogP) is 0.216. The van der Waals surface area contributed by atoms with Gasteiger partial charge in [-0.25, -0.2) is 0 Å². The fourth-order valence-corrected chi connectivity index (χ4v) is 2.62. The van der Waals surface area contributed by atoms with Crippen molar-refractivity contribution >= 4 is 11.9 Å². The summed E-state index contributed by atoms with van der Waals surface area (Å²) in [5.41, 5.74) is 0. The Morgan fingerprint density at radius 1 is 1.19 bits per heavy atom. The van der Waals surface area contributed by atoms with Crippen LogP contribution in [0.1, 0.15) is 19.1 Å². The lowest BCUT2D eigenvalue weighted by molar-refractivity contribution is -0.118. The van der Waals surface area contributed by atoms with Gasteiger partial charge in [-0.2, -0.15) is 0 Å². The molecule has 1 saturated heterocycles. The zero-order chi connectivity index (χ0) is 18.5. The third-order valence-corrected chi connectivity index (χ3v) is 4.05. The van der Waals surface area contributed by atoms with E-state index in [1.165, 1.54) is 6.92 Å². The van der Waals surface area contributed by atoms with E-state index < -0.39 is 0 Å². The van der Waals surface area contributed by atoms with Crippen LogP contribution in [-0.2, 0) is 16.0 Å². The minimum absolute atomic E-state index is 0.00517. The summed E-state index contributed by atoms with van der Waals surface area (Å²) >= 11 is 0. The number of ether oxygens (including phenoxy) is 1. The molecule has 1 aromatic rings. The van der Waals surface area contributed by atoms with Crippen LogP contribution < -0.4 is 16.0 Å². The first-order chi connectivity index (χ1) is 12.7. The van der Waals surface area contributed by atoms with Crippen LogP contribution in [0.2, 0.25) is 0 Å². The van der Waals surface area contributed by atoms with Gasteiger partial charge in [0.1, 0.15) is 5.76 Å². The summed E-state index contributed by atoms with van der Waals surface area (Å²) < 4.78 is 10.7. The Labute approximate surface area is 155 Å². The number of furan rings is 1. The molecule has 1 aliphatic rings. The van der Waals surface area contributed by atoms with Crippen LogP contribution in [-0.4, -0.2) is 75.8 Å². The maximum Gasteiger partial charge on any atom is 0.216 e. The quantitative estimate of drug-likeness (QED) is 0.312. The molecule has 1 aliphatic heterocycles. The van der Waals surface area contributed by atoms with Crippen molar-refractivity contribution in [1.82, 2.24) is 20.9 Å². The number of hydrogen-bond donors (Lipinski definition) is 3. The second kappa shape index (κ2) is 12.3. The van der Waals surface area contributed by atoms with Crippen LogP contribution in [0.15, 0.2) is 27.8 Å². The number of nitrogens with zero attached hydrogens (tertiary/aromatic N) is 2. The van der Waals surface area contributed by atoms with Crippen molar-refractivity contribution < 1.29 is 13.9 Å². The Balaban J connectivity index is 1.70. The molecule has 146 valence electrons. The molecule has 0 aliphatic carbocycles. The average Bonchev–Trinajstić information content (AvgIpc) is 3.15. The molecule has 2 heterocycles. The third-order valence-electron chi connectivity index (χ3n) is 4.05. The highest BCUT2D eigenvalue weighted by Crippen LogP contribution is 1.99. The Bertz CT molecular complexity index is 527. The second-order valence-electron chi connectivity index (χ2n) is 6.20. The number of rotatable bonds is 10. The number of guanidine groups is 1. The molecule has 2 rings (SSSR count). The van der Waals surface area contributed by atoms with Crippen molar-refractivity contribution in [3.05, 3.63) is 24.2 Å². The topological polar surface area (TPSA) is 91.1 Å². The van der Waals surface area contributed by atoms with E-state index in [4.69, 9.17) is 9.15 Å². The molecule has 0 saturated carbocycles. The first kappa shape index (κ1) is 20.3. The summed E-state index contributed by atoms with van der Waals surface area (Å²) in [5, 5.41) is 9.52. The van der Waals surface area contributed by atoms with Crippen LogP contribution in [0, 0.1) is 0 Å². The molecule has 0 unspecified atom stereocenters. The van der Waals surface area contributed by atoms with Crippen LogP contribution in [0.4, 0.5) is 0 Å². The van der Waals surface area contributed by atoms with Gasteiger partial charge in [-0.3, -0.25) is 14.7 Å². The number of hydrogen-bond acceptors (Lipinski definition) is 5. The van der Waals surface area contributed by atoms with E-state index in [0.717, 1.165) is 70.5 Å². The van der Waals surface area contributed by atoms with Gasteiger partial charge >= 0.3 is 0 Å². The molecule has 0 spiro atoms. The molecule has 1 amide bonds. The standard InChI is InChI=1S/C18H31N5O3/c1-16(24)19-6-3-7-20-18(21-8-5-17-4-2-13-26-17)22-9-10-23-11-14-25-15-12-23/h2,4,13H,3,5-12,14-15H2,1H3,(H,19,24)(H2,20,21,22). The largest absolute Gasteiger partial charge is 0.469 e. The lowest BCUT2D eigenvalue weighted by Crippen LogP contribution is -2.45. The Morgan fingerprint density at radius 3 is 2.73 bits per heavy atom. The van der Waals surface area contributed by atoms with Crippen LogP contribution in [0.5, 0.6) is 0 Å². The summed E-state index contributed by atoms with van der Waals surface area (Å²) in [4.78, 5) is 17.9. The highest BCUT2D eigenvalue weighted by atomic mass is 16.5. The van der Waals surface area contributed by atoms with Gasteiger partial charge in [-0.15, -0.1) is 0 Å². The molecule has 0 radical (unpaired) electrons. The molecular formula is C18H31N5O3. The van der Waals surface area contributed by atoms with Crippen molar-refractivity contribution in [2.45, 2.75) is 19.8 Å². The molecule has 3 N–H and O–H groups in total. The lowest BCUT2D eigenvalue weighted by atomic mass is 10.3. The van der Waals surface area contributed by atoms with Gasteiger partial charge in [0.2, 0.25) is 5.91 Å². The van der Waals surface area contributed by atoms with Gasteiger partial charge in [0.05, 0.1) is 19.5 Å². The third kappa shape index (κ3) is 8.87. The maximum absolute atomic E-state index is 10.9. The fraction of sp³-hybridized carbons (Fsp3) is 0.667. The van der Waals surface area contributed by atoms with E-state index in [0.29, 0.717) is 13.1 Å². The minimum atomic E-state index is -0.00517. The number of carbonyl (C=O) groups excluding carboxylic acids is 1. The van der Waals surface area contributed by atoms with E-state index in [1.807, 2.05) is 12.1 Å². The summed E-state index contributed by atoms with van der Waals surface area (Å²) in [5.74, 6) is 1.75. The van der Waals surface area contributed by atoms with E-state index in [9.17, 15) is 4.79 Å². The van der Waals surface area contributed by atoms with Crippen molar-refractivity contribution in [2.75, 3.05) is 59.0 Å². The summed E-state index contributed by atoms with van der Waals surface area (Å²) in [6.07, 6.45) is 3.31. The lowest BCUT2D eigenvalue weighted by Gasteiger charge is -2.26. The first-order valence-electron chi connectivity index (χ1n) is 9.33. The highest BCUT2D eigenvalue weighted by molar-refractivity contribution is 5.79. The number of amides is 1. The first-order valence-corrected chi connectivity index (χ1v) is 9.33. The minimum Gasteiger partial charge on any atom is -0.469 e. The molecule has 8 nitrogen and oxygen atoms in total. The monoisotopic (exact) mass is 365 g/mol. The average molecular weight is 365 g/mol. The second-order valence-corrected chi connectivity index (χ2v) is 6.20. The molecule has 0 atom stereocenters. The number of aliphatic imine (C=N–C) groups is 1. The highest BCUT2D eigenvalue weighted by Gasteiger charge is 2.09. The van der Waals surface area contributed by atoms with E-state index >= 15 is 0 Å². The van der Waals surface area contributed by atoms with Gasteiger partial charge in [-0.1, -0.05) is 0 Å². The Kier molecular flexibility index (Phi) is 9.60. The van der Waals surface area contributed by atoms with Crippen molar-refractivity contribution in [1.29, 1.82) is 0 Å². The normalized spacial score (nSPS) is 15.7. The predicted molar refractivity (Wildman–Crippen MR) is 101 cm³/mol. The number of morpholine rings is 1. The van der Waals surface area contributed by atoms with Crippen LogP contribution in [0.3, 0.4) is 0 Å². The van der Waals surface area contributed by atoms with Crippen LogP contribution in [0.25, 0.3) is 0 Å². The summed E-state index contributed by atoms with van der Waals surface area (Å²) in [7, 11) is 0. The summed E-state index contributed by atoms with van der Waals surface area (Å²) in [6.45, 7) is 8.97. The number of nitrogens with one attached hydrogen (secondary N) is 3. The Hall–Kier alpha value is -2.06. The van der Waals surface area contributed by atoms with Gasteiger partial charge in [0, 0.05) is 59.2 Å². The SMILES string of the molecule is CC(=O)NCCCN=C(NCCc1ccco1)NCCN1CCOCC1. The molecule has 0 aromatic carbocycles. The van der Waals surface area contributed by atoms with Crippen molar-refractivity contribution in [3.63, 3.8) is 0 Å². The van der Waals surface area contributed by atoms with E-state index in [1.54, 1.807) is 6.26 Å². The fourth-order valence-electron chi connectivity index (χ4n) is 2.62. The van der Waals surface area contributed by atoms with Gasteiger partial charge in [-0.05, 0) is 18.6 Å². The van der Waals surface area contributed by atoms with E-state index in [-0.39, 0.29) is 5.91 Å². The molecule has 26 heavy (non-hydrogen) atoms. The summed E-state index contributed by atoms with van der Waals surface area (Å²) in [6, 6.07) is 3.87. The zero-order valence-corrected chi connectivity index (χ0v) is 15.6. The molecular weight excluding hydrogens is 334 g/mol. The van der Waals surface area contributed by atoms with Crippen LogP contribution >= 0.6 is 0 Å². The number of carbonyl (C=O) groups is 1. The zero-order valence-electron chi connectivity index (χ0n) is 15.6. The van der Waals surface area contributed by atoms with Gasteiger partial charge < -0.3 is 25.1 Å².